The molecule has 0 amide bonds. The van der Waals surface area contributed by atoms with Crippen LogP contribution in [0.15, 0.2) is 18.2 Å². The van der Waals surface area contributed by atoms with Crippen molar-refractivity contribution in [1.29, 1.82) is 0 Å². The van der Waals surface area contributed by atoms with E-state index in [2.05, 4.69) is 17.1 Å². The quantitative estimate of drug-likeness (QED) is 0.805. The van der Waals surface area contributed by atoms with Crippen LogP contribution in [0.1, 0.15) is 38.2 Å². The molecule has 112 valence electrons. The number of benzene rings is 1. The van der Waals surface area contributed by atoms with Gasteiger partial charge in [-0.15, -0.1) is 0 Å². The normalized spacial score (nSPS) is 20.2. The SMILES string of the molecule is CCCNCC1CCCCN1Cc1cccc(F)c1F. The fourth-order valence-electron chi connectivity index (χ4n) is 2.83. The van der Waals surface area contributed by atoms with Crippen LogP contribution in [-0.2, 0) is 6.54 Å². The Bertz CT molecular complexity index is 423. The number of hydrogen-bond donors (Lipinski definition) is 1. The monoisotopic (exact) mass is 282 g/mol. The summed E-state index contributed by atoms with van der Waals surface area (Å²) in [6.45, 7) is 5.56. The summed E-state index contributed by atoms with van der Waals surface area (Å²) >= 11 is 0. The molecule has 0 spiro atoms. The Kier molecular flexibility index (Phi) is 5.92. The number of rotatable bonds is 6. The molecule has 0 aliphatic carbocycles. The molecule has 1 aromatic rings. The highest BCUT2D eigenvalue weighted by atomic mass is 19.2. The summed E-state index contributed by atoms with van der Waals surface area (Å²) in [5.74, 6) is -1.45. The van der Waals surface area contributed by atoms with E-state index >= 15 is 0 Å². The first kappa shape index (κ1) is 15.4. The van der Waals surface area contributed by atoms with Gasteiger partial charge >= 0.3 is 0 Å². The first-order chi connectivity index (χ1) is 9.72. The zero-order valence-electron chi connectivity index (χ0n) is 12.2. The van der Waals surface area contributed by atoms with Crippen LogP contribution in [0.5, 0.6) is 0 Å². The average Bonchev–Trinajstić information content (AvgIpc) is 2.46. The van der Waals surface area contributed by atoms with E-state index in [1.54, 1.807) is 12.1 Å². The maximum absolute atomic E-state index is 13.8. The molecule has 0 radical (unpaired) electrons. The summed E-state index contributed by atoms with van der Waals surface area (Å²) in [4.78, 5) is 2.28. The van der Waals surface area contributed by atoms with Gasteiger partial charge in [0.25, 0.3) is 0 Å². The van der Waals surface area contributed by atoms with Crippen LogP contribution in [0.2, 0.25) is 0 Å². The molecule has 0 saturated carbocycles. The molecule has 1 unspecified atom stereocenters. The highest BCUT2D eigenvalue weighted by Crippen LogP contribution is 2.21. The first-order valence-corrected chi connectivity index (χ1v) is 7.60. The van der Waals surface area contributed by atoms with Crippen molar-refractivity contribution < 1.29 is 8.78 Å². The summed E-state index contributed by atoms with van der Waals surface area (Å²) < 4.78 is 27.0. The van der Waals surface area contributed by atoms with E-state index in [4.69, 9.17) is 0 Å². The Hall–Kier alpha value is -1.00. The standard InChI is InChI=1S/C16H24F2N2/c1-2-9-19-11-14-7-3-4-10-20(14)12-13-6-5-8-15(17)16(13)18/h5-6,8,14,19H,2-4,7,9-12H2,1H3. The van der Waals surface area contributed by atoms with Gasteiger partial charge in [0, 0.05) is 24.7 Å². The van der Waals surface area contributed by atoms with Crippen molar-refractivity contribution in [3.8, 4) is 0 Å². The molecule has 1 saturated heterocycles. The topological polar surface area (TPSA) is 15.3 Å². The molecule has 1 atom stereocenters. The van der Waals surface area contributed by atoms with Gasteiger partial charge in [-0.3, -0.25) is 4.90 Å². The van der Waals surface area contributed by atoms with Crippen LogP contribution >= 0.6 is 0 Å². The number of nitrogens with zero attached hydrogens (tertiary/aromatic N) is 1. The molecule has 1 aliphatic heterocycles. The van der Waals surface area contributed by atoms with Gasteiger partial charge in [-0.05, 0) is 38.4 Å². The van der Waals surface area contributed by atoms with Gasteiger partial charge < -0.3 is 5.32 Å². The van der Waals surface area contributed by atoms with E-state index in [9.17, 15) is 8.78 Å². The van der Waals surface area contributed by atoms with Crippen LogP contribution in [0.4, 0.5) is 8.78 Å². The van der Waals surface area contributed by atoms with Crippen LogP contribution in [0.3, 0.4) is 0 Å². The molecular formula is C16H24F2N2. The lowest BCUT2D eigenvalue weighted by Crippen LogP contribution is -2.45. The van der Waals surface area contributed by atoms with E-state index in [-0.39, 0.29) is 0 Å². The zero-order chi connectivity index (χ0) is 14.4. The van der Waals surface area contributed by atoms with Gasteiger partial charge in [0.05, 0.1) is 0 Å². The number of likely N-dealkylation sites (tertiary alicyclic amines) is 1. The third-order valence-electron chi connectivity index (χ3n) is 3.96. The van der Waals surface area contributed by atoms with E-state index < -0.39 is 11.6 Å². The second kappa shape index (κ2) is 7.70. The highest BCUT2D eigenvalue weighted by molar-refractivity contribution is 5.19. The number of halogens is 2. The molecule has 20 heavy (non-hydrogen) atoms. The third kappa shape index (κ3) is 4.00. The molecule has 1 aliphatic rings. The molecule has 0 bridgehead atoms. The smallest absolute Gasteiger partial charge is 0.163 e. The van der Waals surface area contributed by atoms with Crippen molar-refractivity contribution in [1.82, 2.24) is 10.2 Å². The predicted octanol–water partition coefficient (Wildman–Crippen LogP) is 3.32. The van der Waals surface area contributed by atoms with Gasteiger partial charge in [-0.1, -0.05) is 25.5 Å². The van der Waals surface area contributed by atoms with Gasteiger partial charge in [0.1, 0.15) is 0 Å². The minimum atomic E-state index is -0.750. The minimum Gasteiger partial charge on any atom is -0.315 e. The molecule has 1 N–H and O–H groups in total. The highest BCUT2D eigenvalue weighted by Gasteiger charge is 2.23. The van der Waals surface area contributed by atoms with E-state index in [1.807, 2.05) is 0 Å². The third-order valence-corrected chi connectivity index (χ3v) is 3.96. The Balaban J connectivity index is 1.99. The Morgan fingerprint density at radius 1 is 1.30 bits per heavy atom. The van der Waals surface area contributed by atoms with E-state index in [0.717, 1.165) is 38.9 Å². The molecular weight excluding hydrogens is 258 g/mol. The molecule has 4 heteroatoms. The largest absolute Gasteiger partial charge is 0.315 e. The van der Waals surface area contributed by atoms with Crippen LogP contribution in [0.25, 0.3) is 0 Å². The van der Waals surface area contributed by atoms with Crippen molar-refractivity contribution in [2.75, 3.05) is 19.6 Å². The van der Waals surface area contributed by atoms with Gasteiger partial charge in [0.15, 0.2) is 11.6 Å². The zero-order valence-corrected chi connectivity index (χ0v) is 12.2. The number of piperidine rings is 1. The van der Waals surface area contributed by atoms with E-state index in [1.165, 1.54) is 12.5 Å². The lowest BCUT2D eigenvalue weighted by Gasteiger charge is -2.36. The van der Waals surface area contributed by atoms with Crippen molar-refractivity contribution in [2.45, 2.75) is 45.2 Å². The van der Waals surface area contributed by atoms with Gasteiger partial charge in [-0.2, -0.15) is 0 Å². The maximum atomic E-state index is 13.8. The predicted molar refractivity (Wildman–Crippen MR) is 77.6 cm³/mol. The Labute approximate surface area is 120 Å². The fraction of sp³-hybridized carbons (Fsp3) is 0.625. The Morgan fingerprint density at radius 2 is 2.15 bits per heavy atom. The fourth-order valence-corrected chi connectivity index (χ4v) is 2.83. The summed E-state index contributed by atoms with van der Waals surface area (Å²) in [6, 6.07) is 4.87. The van der Waals surface area contributed by atoms with Crippen molar-refractivity contribution in [2.24, 2.45) is 0 Å². The summed E-state index contributed by atoms with van der Waals surface area (Å²) in [5, 5.41) is 3.44. The number of nitrogens with one attached hydrogen (secondary N) is 1. The second-order valence-corrected chi connectivity index (χ2v) is 5.54. The second-order valence-electron chi connectivity index (χ2n) is 5.54. The molecule has 1 aromatic carbocycles. The summed E-state index contributed by atoms with van der Waals surface area (Å²) in [6.07, 6.45) is 4.61. The van der Waals surface area contributed by atoms with Gasteiger partial charge in [0.2, 0.25) is 0 Å². The maximum Gasteiger partial charge on any atom is 0.163 e. The van der Waals surface area contributed by atoms with Gasteiger partial charge in [-0.25, -0.2) is 8.78 Å². The lowest BCUT2D eigenvalue weighted by molar-refractivity contribution is 0.136. The van der Waals surface area contributed by atoms with Crippen molar-refractivity contribution in [3.63, 3.8) is 0 Å². The van der Waals surface area contributed by atoms with Crippen LogP contribution < -0.4 is 5.32 Å². The summed E-state index contributed by atoms with van der Waals surface area (Å²) in [7, 11) is 0. The first-order valence-electron chi connectivity index (χ1n) is 7.60. The van der Waals surface area contributed by atoms with Crippen LogP contribution in [0, 0.1) is 11.6 Å². The minimum absolute atomic E-state index is 0.429. The molecule has 1 fully saturated rings. The Morgan fingerprint density at radius 3 is 2.95 bits per heavy atom. The van der Waals surface area contributed by atoms with Crippen molar-refractivity contribution >= 4 is 0 Å². The molecule has 2 nitrogen and oxygen atoms in total. The van der Waals surface area contributed by atoms with Crippen LogP contribution in [-0.4, -0.2) is 30.6 Å². The molecule has 1 heterocycles. The van der Waals surface area contributed by atoms with E-state index in [0.29, 0.717) is 18.2 Å². The molecule has 2 rings (SSSR count). The molecule has 0 aromatic heterocycles. The van der Waals surface area contributed by atoms with Crippen molar-refractivity contribution in [3.05, 3.63) is 35.4 Å². The lowest BCUT2D eigenvalue weighted by atomic mass is 10.0. The summed E-state index contributed by atoms with van der Waals surface area (Å²) in [5.41, 5.74) is 0.465. The number of hydrogen-bond acceptors (Lipinski definition) is 2. The average molecular weight is 282 g/mol.